The molecule has 0 unspecified atom stereocenters. The molecule has 1 nitrogen and oxygen atoms in total. The number of nitrogens with zero attached hydrogens (tertiary/aromatic N) is 1. The summed E-state index contributed by atoms with van der Waals surface area (Å²) in [5.74, 6) is 0. The van der Waals surface area contributed by atoms with Crippen LogP contribution in [0.1, 0.15) is 11.1 Å². The number of aromatic nitrogens is 1. The highest BCUT2D eigenvalue weighted by Gasteiger charge is 2.18. The Labute approximate surface area is 186 Å². The van der Waals surface area contributed by atoms with Gasteiger partial charge < -0.3 is 4.57 Å². The van der Waals surface area contributed by atoms with E-state index >= 15 is 0 Å². The van der Waals surface area contributed by atoms with Gasteiger partial charge in [0.15, 0.2) is 0 Å². The number of hydrogen-bond donors (Lipinski definition) is 0. The molecule has 0 aliphatic heterocycles. The van der Waals surface area contributed by atoms with E-state index in [2.05, 4.69) is 110 Å². The molecular weight excluding hydrogens is 386 g/mol. The molecule has 0 N–H and O–H groups in total. The summed E-state index contributed by atoms with van der Waals surface area (Å²) < 4.78 is 2.36. The highest BCUT2D eigenvalue weighted by atomic mass is 14.9. The number of benzene rings is 6. The number of aryl methyl sites for hydroxylation is 3. The van der Waals surface area contributed by atoms with Crippen LogP contribution >= 0.6 is 0 Å². The summed E-state index contributed by atoms with van der Waals surface area (Å²) in [6.07, 6.45) is 0. The van der Waals surface area contributed by atoms with Crippen LogP contribution in [-0.2, 0) is 7.05 Å². The van der Waals surface area contributed by atoms with E-state index in [4.69, 9.17) is 0 Å². The topological polar surface area (TPSA) is 4.93 Å². The molecule has 0 bridgehead atoms. The Morgan fingerprint density at radius 3 is 1.81 bits per heavy atom. The Kier molecular flexibility index (Phi) is 3.40. The lowest BCUT2D eigenvalue weighted by Crippen LogP contribution is -1.96. The SMILES string of the molecule is Cc1cc2c(cc1-c1c(C)c3ccccc3n1C)c1cccc3ccc4cccc2c4c31. The third kappa shape index (κ3) is 2.13. The lowest BCUT2D eigenvalue weighted by Gasteiger charge is -2.17. The van der Waals surface area contributed by atoms with E-state index in [-0.39, 0.29) is 0 Å². The van der Waals surface area contributed by atoms with Crippen LogP contribution in [0.15, 0.2) is 84.9 Å². The summed E-state index contributed by atoms with van der Waals surface area (Å²) in [6.45, 7) is 4.52. The first-order valence-corrected chi connectivity index (χ1v) is 11.3. The molecule has 0 aliphatic carbocycles. The van der Waals surface area contributed by atoms with Gasteiger partial charge >= 0.3 is 0 Å². The Hall–Kier alpha value is -3.84. The molecule has 1 aromatic heterocycles. The zero-order chi connectivity index (χ0) is 21.6. The fourth-order valence-corrected chi connectivity index (χ4v) is 5.98. The normalized spacial score (nSPS) is 12.2. The monoisotopic (exact) mass is 409 g/mol. The molecular formula is C31H23N. The zero-order valence-corrected chi connectivity index (χ0v) is 18.5. The molecule has 6 aromatic carbocycles. The van der Waals surface area contributed by atoms with Gasteiger partial charge in [-0.25, -0.2) is 0 Å². The maximum atomic E-state index is 2.44. The second kappa shape index (κ2) is 6.11. The van der Waals surface area contributed by atoms with Gasteiger partial charge in [0.25, 0.3) is 0 Å². The highest BCUT2D eigenvalue weighted by Crippen LogP contribution is 2.43. The molecule has 0 saturated heterocycles. The molecule has 7 aromatic rings. The molecule has 0 radical (unpaired) electrons. The molecule has 0 amide bonds. The van der Waals surface area contributed by atoms with Gasteiger partial charge in [0.2, 0.25) is 0 Å². The molecule has 0 saturated carbocycles. The minimum atomic E-state index is 1.29. The van der Waals surface area contributed by atoms with Crippen LogP contribution in [0.5, 0.6) is 0 Å². The molecule has 152 valence electrons. The predicted octanol–water partition coefficient (Wildman–Crippen LogP) is 8.51. The van der Waals surface area contributed by atoms with Gasteiger partial charge in [-0.15, -0.1) is 0 Å². The number of hydrogen-bond acceptors (Lipinski definition) is 0. The van der Waals surface area contributed by atoms with E-state index in [9.17, 15) is 0 Å². The van der Waals surface area contributed by atoms with E-state index in [1.165, 1.54) is 76.4 Å². The molecule has 1 heteroatoms. The Morgan fingerprint density at radius 1 is 0.562 bits per heavy atom. The third-order valence-electron chi connectivity index (χ3n) is 7.45. The molecule has 32 heavy (non-hydrogen) atoms. The third-order valence-corrected chi connectivity index (χ3v) is 7.45. The molecule has 0 fully saturated rings. The second-order valence-electron chi connectivity index (χ2n) is 9.14. The quantitative estimate of drug-likeness (QED) is 0.189. The summed E-state index contributed by atoms with van der Waals surface area (Å²) in [4.78, 5) is 0. The van der Waals surface area contributed by atoms with Gasteiger partial charge in [0, 0.05) is 23.5 Å². The maximum Gasteiger partial charge on any atom is 0.0521 e. The van der Waals surface area contributed by atoms with E-state index in [0.29, 0.717) is 0 Å². The number of rotatable bonds is 1. The van der Waals surface area contributed by atoms with Crippen LogP contribution in [0.3, 0.4) is 0 Å². The van der Waals surface area contributed by atoms with Gasteiger partial charge in [-0.2, -0.15) is 0 Å². The van der Waals surface area contributed by atoms with Crippen LogP contribution in [-0.4, -0.2) is 4.57 Å². The first kappa shape index (κ1) is 17.8. The van der Waals surface area contributed by atoms with Gasteiger partial charge in [-0.1, -0.05) is 72.8 Å². The summed E-state index contributed by atoms with van der Waals surface area (Å²) in [6, 6.07) is 31.5. The van der Waals surface area contributed by atoms with Crippen molar-refractivity contribution in [3.63, 3.8) is 0 Å². The predicted molar refractivity (Wildman–Crippen MR) is 139 cm³/mol. The lowest BCUT2D eigenvalue weighted by atomic mass is 9.87. The minimum absolute atomic E-state index is 1.29. The number of para-hydroxylation sites is 1. The summed E-state index contributed by atoms with van der Waals surface area (Å²) in [7, 11) is 2.19. The molecule has 0 aliphatic rings. The summed E-state index contributed by atoms with van der Waals surface area (Å²) in [5, 5.41) is 12.1. The smallest absolute Gasteiger partial charge is 0.0521 e. The largest absolute Gasteiger partial charge is 0.343 e. The lowest BCUT2D eigenvalue weighted by molar-refractivity contribution is 0.972. The first-order chi connectivity index (χ1) is 15.6. The van der Waals surface area contributed by atoms with Crippen molar-refractivity contribution in [3.05, 3.63) is 96.1 Å². The van der Waals surface area contributed by atoms with Crippen molar-refractivity contribution < 1.29 is 0 Å². The van der Waals surface area contributed by atoms with E-state index < -0.39 is 0 Å². The Balaban J connectivity index is 1.70. The van der Waals surface area contributed by atoms with Crippen LogP contribution in [0.25, 0.3) is 65.3 Å². The first-order valence-electron chi connectivity index (χ1n) is 11.3. The van der Waals surface area contributed by atoms with Crippen molar-refractivity contribution in [2.24, 2.45) is 7.05 Å². The highest BCUT2D eigenvalue weighted by molar-refractivity contribution is 6.34. The number of fused-ring (bicyclic) bond motifs is 4. The average molecular weight is 410 g/mol. The fraction of sp³-hybridized carbons (Fsp3) is 0.0968. The van der Waals surface area contributed by atoms with Crippen molar-refractivity contribution in [1.82, 2.24) is 4.57 Å². The fourth-order valence-electron chi connectivity index (χ4n) is 5.98. The van der Waals surface area contributed by atoms with Crippen LogP contribution in [0.2, 0.25) is 0 Å². The van der Waals surface area contributed by atoms with Crippen molar-refractivity contribution in [2.45, 2.75) is 13.8 Å². The van der Waals surface area contributed by atoms with Gasteiger partial charge in [-0.3, -0.25) is 0 Å². The summed E-state index contributed by atoms with van der Waals surface area (Å²) in [5.41, 5.74) is 6.59. The molecule has 1 heterocycles. The van der Waals surface area contributed by atoms with Crippen LogP contribution in [0.4, 0.5) is 0 Å². The van der Waals surface area contributed by atoms with Crippen molar-refractivity contribution in [3.8, 4) is 11.3 Å². The van der Waals surface area contributed by atoms with E-state index in [1.54, 1.807) is 0 Å². The molecule has 7 rings (SSSR count). The van der Waals surface area contributed by atoms with E-state index in [1.807, 2.05) is 0 Å². The van der Waals surface area contributed by atoms with Crippen molar-refractivity contribution in [2.75, 3.05) is 0 Å². The summed E-state index contributed by atoms with van der Waals surface area (Å²) >= 11 is 0. The van der Waals surface area contributed by atoms with Crippen LogP contribution in [0, 0.1) is 13.8 Å². The zero-order valence-electron chi connectivity index (χ0n) is 18.5. The van der Waals surface area contributed by atoms with Gasteiger partial charge in [0.1, 0.15) is 0 Å². The van der Waals surface area contributed by atoms with Crippen molar-refractivity contribution in [1.29, 1.82) is 0 Å². The van der Waals surface area contributed by atoms with Crippen molar-refractivity contribution >= 4 is 54.0 Å². The Morgan fingerprint density at radius 2 is 1.16 bits per heavy atom. The minimum Gasteiger partial charge on any atom is -0.343 e. The van der Waals surface area contributed by atoms with Crippen LogP contribution < -0.4 is 0 Å². The molecule has 0 spiro atoms. The average Bonchev–Trinajstić information content (AvgIpc) is 3.08. The standard InChI is InChI=1S/C31H23N/c1-18-16-26-23-11-6-8-20-14-15-21-9-7-12-24(30(21)29(20)23)27(26)17-25(18)31-19(2)22-10-4-5-13-28(22)32(31)3/h4-17H,1-3H3. The van der Waals surface area contributed by atoms with E-state index in [0.717, 1.165) is 0 Å². The van der Waals surface area contributed by atoms with Gasteiger partial charge in [0.05, 0.1) is 5.69 Å². The van der Waals surface area contributed by atoms with Gasteiger partial charge in [-0.05, 0) is 80.2 Å². The maximum absolute atomic E-state index is 2.44. The Bertz CT molecular complexity index is 1810. The molecule has 0 atom stereocenters. The second-order valence-corrected chi connectivity index (χ2v) is 9.14.